The van der Waals surface area contributed by atoms with Crippen LogP contribution in [0.25, 0.3) is 0 Å². The minimum absolute atomic E-state index is 0.0949. The maximum Gasteiger partial charge on any atom is 0.274 e. The number of hydrogen-bond acceptors (Lipinski definition) is 6. The van der Waals surface area contributed by atoms with Crippen LogP contribution in [0.1, 0.15) is 5.56 Å². The first kappa shape index (κ1) is 14.7. The fraction of sp³-hybridized carbons (Fsp3) is 0. The quantitative estimate of drug-likeness (QED) is 0.286. The number of halogens is 1. The molecule has 108 valence electrons. The first-order chi connectivity index (χ1) is 9.99. The Morgan fingerprint density at radius 1 is 1.43 bits per heavy atom. The minimum Gasteiger partial charge on any atom is -0.439 e. The van der Waals surface area contributed by atoms with Gasteiger partial charge in [0.25, 0.3) is 5.69 Å². The zero-order valence-electron chi connectivity index (χ0n) is 10.4. The zero-order valence-corrected chi connectivity index (χ0v) is 12.0. The summed E-state index contributed by atoms with van der Waals surface area (Å²) < 4.78 is 5.95. The summed E-state index contributed by atoms with van der Waals surface area (Å²) >= 11 is 3.17. The van der Waals surface area contributed by atoms with Gasteiger partial charge in [0.15, 0.2) is 5.84 Å². The van der Waals surface area contributed by atoms with Crippen LogP contribution in [-0.4, -0.2) is 21.0 Å². The highest BCUT2D eigenvalue weighted by Gasteiger charge is 2.11. The van der Waals surface area contributed by atoms with Gasteiger partial charge in [-0.25, -0.2) is 4.98 Å². The van der Waals surface area contributed by atoms with Crippen LogP contribution in [0.4, 0.5) is 5.69 Å². The number of rotatable bonds is 4. The molecule has 0 aliphatic carbocycles. The van der Waals surface area contributed by atoms with E-state index in [1.165, 1.54) is 30.5 Å². The lowest BCUT2D eigenvalue weighted by atomic mass is 10.2. The summed E-state index contributed by atoms with van der Waals surface area (Å²) in [4.78, 5) is 14.2. The molecule has 0 radical (unpaired) electrons. The summed E-state index contributed by atoms with van der Waals surface area (Å²) in [5.41, 5.74) is 5.76. The minimum atomic E-state index is -0.530. The van der Waals surface area contributed by atoms with Crippen molar-refractivity contribution in [1.29, 1.82) is 0 Å². The summed E-state index contributed by atoms with van der Waals surface area (Å²) in [5.74, 6) is 0.300. The number of aromatic nitrogens is 1. The highest BCUT2D eigenvalue weighted by molar-refractivity contribution is 9.10. The van der Waals surface area contributed by atoms with Crippen molar-refractivity contribution >= 4 is 27.5 Å². The number of pyridine rings is 1. The molecule has 9 heteroatoms. The number of ether oxygens (including phenoxy) is 1. The molecule has 0 fully saturated rings. The fourth-order valence-electron chi connectivity index (χ4n) is 1.52. The lowest BCUT2D eigenvalue weighted by Gasteiger charge is -2.06. The number of non-ortho nitro benzene ring substituents is 1. The van der Waals surface area contributed by atoms with E-state index < -0.39 is 4.92 Å². The highest BCUT2D eigenvalue weighted by atomic mass is 79.9. The summed E-state index contributed by atoms with van der Waals surface area (Å²) in [6.07, 6.45) is 1.41. The summed E-state index contributed by atoms with van der Waals surface area (Å²) in [7, 11) is 0. The molecule has 0 spiro atoms. The van der Waals surface area contributed by atoms with Crippen LogP contribution in [0.2, 0.25) is 0 Å². The molecule has 21 heavy (non-hydrogen) atoms. The largest absolute Gasteiger partial charge is 0.439 e. The summed E-state index contributed by atoms with van der Waals surface area (Å²) in [6.45, 7) is 0. The van der Waals surface area contributed by atoms with Crippen molar-refractivity contribution in [3.63, 3.8) is 0 Å². The Morgan fingerprint density at radius 3 is 2.86 bits per heavy atom. The van der Waals surface area contributed by atoms with Crippen LogP contribution in [-0.2, 0) is 0 Å². The van der Waals surface area contributed by atoms with Gasteiger partial charge >= 0.3 is 0 Å². The molecule has 0 bridgehead atoms. The third kappa shape index (κ3) is 3.66. The predicted molar refractivity (Wildman–Crippen MR) is 77.6 cm³/mol. The number of nitro groups is 1. The topological polar surface area (TPSA) is 124 Å². The van der Waals surface area contributed by atoms with Gasteiger partial charge in [-0.15, -0.1) is 0 Å². The van der Waals surface area contributed by atoms with Gasteiger partial charge in [-0.1, -0.05) is 21.1 Å². The lowest BCUT2D eigenvalue weighted by molar-refractivity contribution is -0.385. The van der Waals surface area contributed by atoms with E-state index >= 15 is 0 Å². The number of amidine groups is 1. The Hall–Kier alpha value is -2.68. The maximum atomic E-state index is 10.8. The molecule has 2 aromatic rings. The van der Waals surface area contributed by atoms with Crippen molar-refractivity contribution in [1.82, 2.24) is 4.98 Å². The standard InChI is InChI=1S/C12H9BrN4O4/c13-8-4-9(17(19)20)6-10(5-8)21-11-3-7(1-2-15-11)12(14)16-18/h1-6,18H,(H2,14,16). The second-order valence-electron chi connectivity index (χ2n) is 3.87. The van der Waals surface area contributed by atoms with Crippen molar-refractivity contribution < 1.29 is 14.9 Å². The van der Waals surface area contributed by atoms with Gasteiger partial charge in [-0.3, -0.25) is 10.1 Å². The molecule has 1 aromatic carbocycles. The Labute approximate surface area is 127 Å². The number of nitrogens with two attached hydrogens (primary N) is 1. The number of nitrogens with zero attached hydrogens (tertiary/aromatic N) is 3. The highest BCUT2D eigenvalue weighted by Crippen LogP contribution is 2.29. The maximum absolute atomic E-state index is 10.8. The third-order valence-corrected chi connectivity index (χ3v) is 2.89. The van der Waals surface area contributed by atoms with E-state index in [1.54, 1.807) is 6.07 Å². The van der Waals surface area contributed by atoms with Gasteiger partial charge in [-0.05, 0) is 12.1 Å². The molecular weight excluding hydrogens is 344 g/mol. The molecular formula is C12H9BrN4O4. The van der Waals surface area contributed by atoms with E-state index in [2.05, 4.69) is 26.1 Å². The van der Waals surface area contributed by atoms with E-state index in [4.69, 9.17) is 15.7 Å². The van der Waals surface area contributed by atoms with Crippen LogP contribution in [0.5, 0.6) is 11.6 Å². The van der Waals surface area contributed by atoms with Crippen LogP contribution in [0.3, 0.4) is 0 Å². The molecule has 2 rings (SSSR count). The van der Waals surface area contributed by atoms with E-state index in [0.717, 1.165) is 0 Å². The van der Waals surface area contributed by atoms with Gasteiger partial charge in [0, 0.05) is 28.4 Å². The average Bonchev–Trinajstić information content (AvgIpc) is 2.46. The van der Waals surface area contributed by atoms with Gasteiger partial charge in [0.05, 0.1) is 11.0 Å². The van der Waals surface area contributed by atoms with Gasteiger partial charge in [-0.2, -0.15) is 0 Å². The van der Waals surface area contributed by atoms with Crippen LogP contribution >= 0.6 is 15.9 Å². The molecule has 1 heterocycles. The van der Waals surface area contributed by atoms with Crippen molar-refractivity contribution in [2.45, 2.75) is 0 Å². The Kier molecular flexibility index (Phi) is 4.33. The average molecular weight is 353 g/mol. The predicted octanol–water partition coefficient (Wildman–Crippen LogP) is 2.64. The fourth-order valence-corrected chi connectivity index (χ4v) is 1.98. The molecule has 0 aliphatic heterocycles. The van der Waals surface area contributed by atoms with E-state index in [1.807, 2.05) is 0 Å². The number of nitro benzene ring substituents is 1. The molecule has 8 nitrogen and oxygen atoms in total. The molecule has 0 aliphatic rings. The SMILES string of the molecule is N/C(=N/O)c1ccnc(Oc2cc(Br)cc([N+](=O)[O-])c2)c1. The van der Waals surface area contributed by atoms with Crippen molar-refractivity contribution in [3.05, 3.63) is 56.7 Å². The Bertz CT molecular complexity index is 720. The van der Waals surface area contributed by atoms with E-state index in [-0.39, 0.29) is 23.2 Å². The van der Waals surface area contributed by atoms with Gasteiger partial charge in [0.1, 0.15) is 5.75 Å². The first-order valence-corrected chi connectivity index (χ1v) is 6.35. The molecule has 1 aromatic heterocycles. The summed E-state index contributed by atoms with van der Waals surface area (Å²) in [5, 5.41) is 22.3. The smallest absolute Gasteiger partial charge is 0.274 e. The molecule has 0 unspecified atom stereocenters. The number of benzene rings is 1. The monoisotopic (exact) mass is 352 g/mol. The van der Waals surface area contributed by atoms with Gasteiger partial charge < -0.3 is 15.7 Å². The lowest BCUT2D eigenvalue weighted by Crippen LogP contribution is -2.13. The molecule has 3 N–H and O–H groups in total. The second kappa shape index (κ2) is 6.18. The zero-order chi connectivity index (χ0) is 15.4. The van der Waals surface area contributed by atoms with Crippen molar-refractivity contribution in [3.8, 4) is 11.6 Å². The second-order valence-corrected chi connectivity index (χ2v) is 4.79. The Morgan fingerprint density at radius 2 is 2.19 bits per heavy atom. The third-order valence-electron chi connectivity index (χ3n) is 2.43. The Balaban J connectivity index is 2.32. The number of hydrogen-bond donors (Lipinski definition) is 2. The summed E-state index contributed by atoms with van der Waals surface area (Å²) in [6, 6.07) is 7.16. The van der Waals surface area contributed by atoms with Gasteiger partial charge in [0.2, 0.25) is 5.88 Å². The van der Waals surface area contributed by atoms with E-state index in [9.17, 15) is 10.1 Å². The first-order valence-electron chi connectivity index (χ1n) is 5.56. The molecule has 0 saturated carbocycles. The van der Waals surface area contributed by atoms with Crippen LogP contribution in [0, 0.1) is 10.1 Å². The normalized spacial score (nSPS) is 11.2. The molecule has 0 saturated heterocycles. The number of oxime groups is 1. The van der Waals surface area contributed by atoms with E-state index in [0.29, 0.717) is 10.0 Å². The van der Waals surface area contributed by atoms with Crippen LogP contribution in [0.15, 0.2) is 46.2 Å². The van der Waals surface area contributed by atoms with Crippen molar-refractivity contribution in [2.24, 2.45) is 10.9 Å². The molecule has 0 atom stereocenters. The molecule has 0 amide bonds. The van der Waals surface area contributed by atoms with Crippen LogP contribution < -0.4 is 10.5 Å². The van der Waals surface area contributed by atoms with Crippen molar-refractivity contribution in [2.75, 3.05) is 0 Å².